The lowest BCUT2D eigenvalue weighted by Gasteiger charge is -2.43. The molecule has 4 aromatic heterocycles. The molecule has 0 aliphatic carbocycles. The van der Waals surface area contributed by atoms with Crippen LogP contribution in [0.1, 0.15) is 65.7 Å². The summed E-state index contributed by atoms with van der Waals surface area (Å²) in [4.78, 5) is 59.5. The lowest BCUT2D eigenvalue weighted by molar-refractivity contribution is -0.142. The third-order valence-electron chi connectivity index (χ3n) is 10.4. The molecule has 51 heavy (non-hydrogen) atoms. The molecule has 2 aliphatic rings. The van der Waals surface area contributed by atoms with Crippen LogP contribution in [0.25, 0.3) is 21.6 Å². The van der Waals surface area contributed by atoms with E-state index in [-0.39, 0.29) is 35.8 Å². The van der Waals surface area contributed by atoms with Crippen LogP contribution in [0.15, 0.2) is 72.0 Å². The lowest BCUT2D eigenvalue weighted by Crippen LogP contribution is -2.53. The smallest absolute Gasteiger partial charge is 0.265 e. The summed E-state index contributed by atoms with van der Waals surface area (Å²) < 4.78 is 3.50. The molecular weight excluding hydrogens is 663 g/mol. The number of carbonyl (C=O) groups excluding carboxylic acids is 2. The number of nitrogens with zero attached hydrogens (tertiary/aromatic N) is 7. The normalized spacial score (nSPS) is 19.2. The summed E-state index contributed by atoms with van der Waals surface area (Å²) in [5.74, 6) is -0.0756. The molecule has 12 heteroatoms. The van der Waals surface area contributed by atoms with Gasteiger partial charge in [-0.15, -0.1) is 11.3 Å². The number of hydrogen-bond donors (Lipinski definition) is 1. The third kappa shape index (κ3) is 7.12. The quantitative estimate of drug-likeness (QED) is 0.232. The predicted molar refractivity (Wildman–Crippen MR) is 198 cm³/mol. The van der Waals surface area contributed by atoms with Crippen molar-refractivity contribution in [3.8, 4) is 10.6 Å². The summed E-state index contributed by atoms with van der Waals surface area (Å²) >= 11 is 1.38. The fourth-order valence-corrected chi connectivity index (χ4v) is 8.56. The van der Waals surface area contributed by atoms with E-state index in [4.69, 9.17) is 4.98 Å². The molecule has 2 fully saturated rings. The van der Waals surface area contributed by atoms with Gasteiger partial charge >= 0.3 is 0 Å². The average molecular weight is 708 g/mol. The second-order valence-corrected chi connectivity index (χ2v) is 15.6. The zero-order chi connectivity index (χ0) is 35.9. The van der Waals surface area contributed by atoms with Crippen LogP contribution in [0, 0.1) is 25.7 Å². The Hall–Kier alpha value is -4.68. The van der Waals surface area contributed by atoms with Gasteiger partial charge in [-0.25, -0.2) is 9.97 Å². The monoisotopic (exact) mass is 707 g/mol. The van der Waals surface area contributed by atoms with Crippen LogP contribution in [-0.4, -0.2) is 82.6 Å². The van der Waals surface area contributed by atoms with Crippen LogP contribution in [0.5, 0.6) is 0 Å². The van der Waals surface area contributed by atoms with Crippen molar-refractivity contribution in [2.75, 3.05) is 26.2 Å². The van der Waals surface area contributed by atoms with E-state index in [1.807, 2.05) is 76.9 Å². The largest absolute Gasteiger partial charge is 0.388 e. The molecule has 2 saturated heterocycles. The number of likely N-dealkylation sites (tertiary alicyclic amines) is 2. The van der Waals surface area contributed by atoms with E-state index in [0.717, 1.165) is 28.4 Å². The Morgan fingerprint density at radius 3 is 2.45 bits per heavy atom. The molecule has 0 bridgehead atoms. The molecule has 0 unspecified atom stereocenters. The highest BCUT2D eigenvalue weighted by molar-refractivity contribution is 7.17. The molecule has 5 aromatic rings. The van der Waals surface area contributed by atoms with Crippen molar-refractivity contribution in [1.82, 2.24) is 33.9 Å². The van der Waals surface area contributed by atoms with Crippen molar-refractivity contribution in [2.24, 2.45) is 11.8 Å². The first-order chi connectivity index (χ1) is 24.5. The van der Waals surface area contributed by atoms with Crippen molar-refractivity contribution in [2.45, 2.75) is 71.6 Å². The van der Waals surface area contributed by atoms with Gasteiger partial charge in [0.15, 0.2) is 0 Å². The standard InChI is InChI=1S/C39H45N7O4S/c1-25(2)21-44-16-13-31-34(44)41-24-46(37(31)48)23-39(50)14-18-43(19-15-39)36(47)30-12-17-45(22-32(30)28-8-6-5-7-9-28)38(49)33-27(4)42-35(51-33)29-11-10-26(3)40-20-29/h5-11,13,16,20,24-25,30,32,50H,12,14-15,17-19,21-23H2,1-4H3/t30-,32+/m1/s1. The number of pyridine rings is 1. The van der Waals surface area contributed by atoms with Crippen LogP contribution in [0.3, 0.4) is 0 Å². The average Bonchev–Trinajstić information content (AvgIpc) is 3.72. The fraction of sp³-hybridized carbons (Fsp3) is 0.436. The minimum atomic E-state index is -1.13. The van der Waals surface area contributed by atoms with Crippen molar-refractivity contribution in [3.63, 3.8) is 0 Å². The Balaban J connectivity index is 1.04. The Bertz CT molecular complexity index is 2100. The van der Waals surface area contributed by atoms with E-state index >= 15 is 0 Å². The van der Waals surface area contributed by atoms with Gasteiger partial charge in [0.1, 0.15) is 21.9 Å². The molecule has 11 nitrogen and oxygen atoms in total. The first kappa shape index (κ1) is 34.8. The fourth-order valence-electron chi connectivity index (χ4n) is 7.54. The number of rotatable bonds is 8. The van der Waals surface area contributed by atoms with Crippen molar-refractivity contribution in [3.05, 3.63) is 99.4 Å². The third-order valence-corrected chi connectivity index (χ3v) is 11.6. The van der Waals surface area contributed by atoms with Crippen LogP contribution in [0.2, 0.25) is 0 Å². The second-order valence-electron chi connectivity index (χ2n) is 14.6. The van der Waals surface area contributed by atoms with Gasteiger partial charge in [-0.1, -0.05) is 44.2 Å². The van der Waals surface area contributed by atoms with Crippen molar-refractivity contribution in [1.29, 1.82) is 0 Å². The molecule has 1 N–H and O–H groups in total. The summed E-state index contributed by atoms with van der Waals surface area (Å²) in [6.07, 6.45) is 6.46. The highest BCUT2D eigenvalue weighted by atomic mass is 32.1. The number of aryl methyl sites for hydroxylation is 2. The molecule has 2 atom stereocenters. The maximum Gasteiger partial charge on any atom is 0.265 e. The van der Waals surface area contributed by atoms with Crippen LogP contribution >= 0.6 is 11.3 Å². The molecule has 2 amide bonds. The molecule has 1 aromatic carbocycles. The number of carbonyl (C=O) groups is 2. The van der Waals surface area contributed by atoms with E-state index in [0.29, 0.717) is 73.0 Å². The first-order valence-corrected chi connectivity index (χ1v) is 18.6. The number of aromatic nitrogens is 5. The first-order valence-electron chi connectivity index (χ1n) is 17.8. The zero-order valence-corrected chi connectivity index (χ0v) is 30.5. The van der Waals surface area contributed by atoms with Crippen molar-refractivity contribution < 1.29 is 14.7 Å². The molecule has 0 spiro atoms. The van der Waals surface area contributed by atoms with Gasteiger partial charge in [0, 0.05) is 68.2 Å². The Morgan fingerprint density at radius 1 is 0.980 bits per heavy atom. The van der Waals surface area contributed by atoms with Gasteiger partial charge < -0.3 is 19.5 Å². The molecule has 0 saturated carbocycles. The zero-order valence-electron chi connectivity index (χ0n) is 29.7. The molecule has 266 valence electrons. The van der Waals surface area contributed by atoms with Gasteiger partial charge in [-0.05, 0) is 62.8 Å². The number of fused-ring (bicyclic) bond motifs is 1. The van der Waals surface area contributed by atoms with E-state index in [1.54, 1.807) is 12.3 Å². The maximum absolute atomic E-state index is 14.2. The van der Waals surface area contributed by atoms with Gasteiger partial charge in [-0.2, -0.15) is 0 Å². The number of thiazole rings is 1. The maximum atomic E-state index is 14.2. The Morgan fingerprint density at radius 2 is 1.75 bits per heavy atom. The number of benzene rings is 1. The van der Waals surface area contributed by atoms with Gasteiger partial charge in [0.05, 0.1) is 23.2 Å². The molecule has 7 rings (SSSR count). The Kier molecular flexibility index (Phi) is 9.64. The Labute approximate surface area is 301 Å². The van der Waals surface area contributed by atoms with Crippen molar-refractivity contribution >= 4 is 34.2 Å². The van der Waals surface area contributed by atoms with Crippen LogP contribution in [-0.2, 0) is 17.9 Å². The molecule has 6 heterocycles. The highest BCUT2D eigenvalue weighted by Gasteiger charge is 2.42. The minimum absolute atomic E-state index is 0.0490. The van der Waals surface area contributed by atoms with Crippen LogP contribution < -0.4 is 5.56 Å². The molecule has 2 aliphatic heterocycles. The van der Waals surface area contributed by atoms with E-state index in [9.17, 15) is 19.5 Å². The van der Waals surface area contributed by atoms with E-state index in [2.05, 4.69) is 23.8 Å². The number of hydrogen-bond acceptors (Lipinski definition) is 8. The van der Waals surface area contributed by atoms with Gasteiger partial charge in [-0.3, -0.25) is 23.9 Å². The summed E-state index contributed by atoms with van der Waals surface area (Å²) in [5, 5.41) is 12.9. The molecule has 0 radical (unpaired) electrons. The predicted octanol–water partition coefficient (Wildman–Crippen LogP) is 5.29. The highest BCUT2D eigenvalue weighted by Crippen LogP contribution is 2.37. The topological polar surface area (TPSA) is 126 Å². The SMILES string of the molecule is Cc1ccc(-c2nc(C)c(C(=O)N3CC[C@@H](C(=O)N4CCC(O)(Cn5cnc6c(ccn6CC(C)C)c5=O)CC4)[C@H](c4ccccc4)C3)s2)cn1. The number of amides is 2. The van der Waals surface area contributed by atoms with Crippen LogP contribution in [0.4, 0.5) is 0 Å². The van der Waals surface area contributed by atoms with Gasteiger partial charge in [0.25, 0.3) is 11.5 Å². The lowest BCUT2D eigenvalue weighted by atomic mass is 9.79. The second kappa shape index (κ2) is 14.1. The molecular formula is C39H45N7O4S. The summed E-state index contributed by atoms with van der Waals surface area (Å²) in [6.45, 7) is 10.6. The number of aliphatic hydroxyl groups is 1. The van der Waals surface area contributed by atoms with Gasteiger partial charge in [0.2, 0.25) is 5.91 Å². The summed E-state index contributed by atoms with van der Waals surface area (Å²) in [7, 11) is 0. The van der Waals surface area contributed by atoms with E-state index < -0.39 is 5.60 Å². The summed E-state index contributed by atoms with van der Waals surface area (Å²) in [5.41, 5.74) is 2.88. The summed E-state index contributed by atoms with van der Waals surface area (Å²) in [6, 6.07) is 15.7. The minimum Gasteiger partial charge on any atom is -0.388 e. The van der Waals surface area contributed by atoms with E-state index in [1.165, 1.54) is 22.2 Å². The number of piperidine rings is 2.